The summed E-state index contributed by atoms with van der Waals surface area (Å²) in [5.74, 6) is 4.11. The van der Waals surface area contributed by atoms with Crippen LogP contribution in [0, 0.1) is 62.4 Å². The summed E-state index contributed by atoms with van der Waals surface area (Å²) in [7, 11) is 0. The van der Waals surface area contributed by atoms with Crippen molar-refractivity contribution in [3.63, 3.8) is 0 Å². The minimum absolute atomic E-state index is 0.0301. The van der Waals surface area contributed by atoms with E-state index in [0.717, 1.165) is 43.6 Å². The third-order valence-electron chi connectivity index (χ3n) is 13.9. The van der Waals surface area contributed by atoms with E-state index in [9.17, 15) is 10.1 Å². The Morgan fingerprint density at radius 3 is 2.39 bits per heavy atom. The van der Waals surface area contributed by atoms with E-state index in [2.05, 4.69) is 93.8 Å². The summed E-state index contributed by atoms with van der Waals surface area (Å²) in [6.45, 7) is 13.1. The van der Waals surface area contributed by atoms with Gasteiger partial charge in [0, 0.05) is 40.4 Å². The van der Waals surface area contributed by atoms with E-state index in [1.54, 1.807) is 0 Å². The second-order valence-corrected chi connectivity index (χ2v) is 16.5. The molecule has 0 spiro atoms. The van der Waals surface area contributed by atoms with Gasteiger partial charge in [0.15, 0.2) is 0 Å². The number of hydrogen-bond acceptors (Lipinski definition) is 2. The molecule has 3 aromatic rings. The molecule has 9 unspecified atom stereocenters. The molecule has 0 bridgehead atoms. The lowest BCUT2D eigenvalue weighted by atomic mass is 9.43. The molecule has 4 aliphatic rings. The standard InChI is InChI=1S/C40H54N2O2/c1-26(2)12-11-13-27(3)32-18-19-33-30-22-38(42(43)44)35-23-37-31(24-40(35,5)34(30)20-21-39(32,33)4)29-16-9-10-17-36(29)41(37)25-28-14-7-6-8-15-28/h6-10,14-17,26-27,30,32-35,38H,11-13,18-25H2,1-5H3. The van der Waals surface area contributed by atoms with E-state index in [1.165, 1.54) is 72.7 Å². The van der Waals surface area contributed by atoms with Gasteiger partial charge in [-0.3, -0.25) is 10.1 Å². The highest BCUT2D eigenvalue weighted by atomic mass is 16.6. The number of nitrogens with zero attached hydrogens (tertiary/aromatic N) is 2. The Hall–Kier alpha value is -2.62. The zero-order valence-electron chi connectivity index (χ0n) is 27.8. The number of nitro groups is 1. The van der Waals surface area contributed by atoms with Crippen molar-refractivity contribution in [2.45, 2.75) is 111 Å². The van der Waals surface area contributed by atoms with E-state index < -0.39 is 6.04 Å². The highest BCUT2D eigenvalue weighted by molar-refractivity contribution is 5.86. The highest BCUT2D eigenvalue weighted by Crippen LogP contribution is 2.68. The molecule has 3 saturated carbocycles. The van der Waals surface area contributed by atoms with Crippen LogP contribution in [0.15, 0.2) is 54.6 Å². The molecule has 44 heavy (non-hydrogen) atoms. The van der Waals surface area contributed by atoms with Crippen molar-refractivity contribution >= 4 is 10.9 Å². The second kappa shape index (κ2) is 11.3. The third-order valence-corrected chi connectivity index (χ3v) is 13.9. The first-order valence-electron chi connectivity index (χ1n) is 17.9. The van der Waals surface area contributed by atoms with E-state index in [-0.39, 0.29) is 16.3 Å². The van der Waals surface area contributed by atoms with Gasteiger partial charge in [-0.2, -0.15) is 0 Å². The molecule has 0 radical (unpaired) electrons. The summed E-state index contributed by atoms with van der Waals surface area (Å²) in [6.07, 6.45) is 11.8. The zero-order valence-corrected chi connectivity index (χ0v) is 27.8. The number of aromatic nitrogens is 1. The Kier molecular flexibility index (Phi) is 7.73. The summed E-state index contributed by atoms with van der Waals surface area (Å²) in [6, 6.07) is 19.2. The maximum absolute atomic E-state index is 13.0. The quantitative estimate of drug-likeness (QED) is 0.192. The second-order valence-electron chi connectivity index (χ2n) is 16.5. The molecular formula is C40H54N2O2. The maximum atomic E-state index is 13.0. The first-order valence-corrected chi connectivity index (χ1v) is 17.9. The Balaban J connectivity index is 1.23. The largest absolute Gasteiger partial charge is 0.340 e. The average Bonchev–Trinajstić information content (AvgIpc) is 3.50. The van der Waals surface area contributed by atoms with Crippen molar-refractivity contribution in [3.8, 4) is 0 Å². The van der Waals surface area contributed by atoms with Crippen LogP contribution in [0.2, 0.25) is 0 Å². The molecule has 236 valence electrons. The van der Waals surface area contributed by atoms with Gasteiger partial charge < -0.3 is 4.57 Å². The van der Waals surface area contributed by atoms with Crippen LogP contribution >= 0.6 is 0 Å². The van der Waals surface area contributed by atoms with Crippen LogP contribution in [0.4, 0.5) is 0 Å². The minimum Gasteiger partial charge on any atom is -0.340 e. The fraction of sp³-hybridized carbons (Fsp3) is 0.650. The molecule has 0 amide bonds. The van der Waals surface area contributed by atoms with Gasteiger partial charge in [-0.1, -0.05) is 102 Å². The summed E-state index contributed by atoms with van der Waals surface area (Å²) in [4.78, 5) is 13.2. The predicted octanol–water partition coefficient (Wildman–Crippen LogP) is 9.98. The number of fused-ring (bicyclic) bond motifs is 8. The third kappa shape index (κ3) is 4.76. The summed E-state index contributed by atoms with van der Waals surface area (Å²) >= 11 is 0. The summed E-state index contributed by atoms with van der Waals surface area (Å²) < 4.78 is 2.50. The number of para-hydroxylation sites is 1. The van der Waals surface area contributed by atoms with Crippen molar-refractivity contribution in [2.24, 2.45) is 52.3 Å². The van der Waals surface area contributed by atoms with E-state index in [1.807, 2.05) is 0 Å². The van der Waals surface area contributed by atoms with Gasteiger partial charge in [0.25, 0.3) is 0 Å². The van der Waals surface area contributed by atoms with Crippen LogP contribution < -0.4 is 0 Å². The molecule has 3 fully saturated rings. The van der Waals surface area contributed by atoms with Crippen LogP contribution in [0.3, 0.4) is 0 Å². The van der Waals surface area contributed by atoms with Gasteiger partial charge in [-0.25, -0.2) is 0 Å². The molecule has 1 heterocycles. The molecular weight excluding hydrogens is 540 g/mol. The molecule has 4 aliphatic carbocycles. The van der Waals surface area contributed by atoms with Gasteiger partial charge in [0.1, 0.15) is 0 Å². The van der Waals surface area contributed by atoms with Gasteiger partial charge in [0.05, 0.1) is 0 Å². The van der Waals surface area contributed by atoms with Crippen LogP contribution in [0.25, 0.3) is 10.9 Å². The molecule has 7 rings (SSSR count). The fourth-order valence-electron chi connectivity index (χ4n) is 11.9. The van der Waals surface area contributed by atoms with Crippen LogP contribution in [-0.4, -0.2) is 15.5 Å². The fourth-order valence-corrected chi connectivity index (χ4v) is 11.9. The van der Waals surface area contributed by atoms with Gasteiger partial charge >= 0.3 is 0 Å². The summed E-state index contributed by atoms with van der Waals surface area (Å²) in [5, 5.41) is 14.4. The number of hydrogen-bond donors (Lipinski definition) is 0. The average molecular weight is 595 g/mol. The number of rotatable bonds is 8. The molecule has 0 saturated heterocycles. The lowest BCUT2D eigenvalue weighted by Gasteiger charge is -2.60. The van der Waals surface area contributed by atoms with Crippen LogP contribution in [0.1, 0.15) is 103 Å². The predicted molar refractivity (Wildman–Crippen MR) is 180 cm³/mol. The first kappa shape index (κ1) is 30.1. The molecule has 4 nitrogen and oxygen atoms in total. The van der Waals surface area contributed by atoms with Crippen LogP contribution in [0.5, 0.6) is 0 Å². The molecule has 1 aromatic heterocycles. The topological polar surface area (TPSA) is 48.1 Å². The molecule has 4 heteroatoms. The summed E-state index contributed by atoms with van der Waals surface area (Å²) in [5.41, 5.74) is 5.74. The Morgan fingerprint density at radius 2 is 1.64 bits per heavy atom. The maximum Gasteiger partial charge on any atom is 0.217 e. The van der Waals surface area contributed by atoms with E-state index >= 15 is 0 Å². The van der Waals surface area contributed by atoms with Crippen molar-refractivity contribution < 1.29 is 4.92 Å². The highest BCUT2D eigenvalue weighted by Gasteiger charge is 2.65. The van der Waals surface area contributed by atoms with Gasteiger partial charge in [-0.15, -0.1) is 0 Å². The van der Waals surface area contributed by atoms with Crippen molar-refractivity contribution in [1.29, 1.82) is 0 Å². The minimum atomic E-state index is -0.442. The molecule has 9 atom stereocenters. The Bertz CT molecular complexity index is 1510. The number of benzene rings is 2. The monoisotopic (exact) mass is 594 g/mol. The van der Waals surface area contributed by atoms with Crippen molar-refractivity contribution in [3.05, 3.63) is 81.5 Å². The smallest absolute Gasteiger partial charge is 0.217 e. The Morgan fingerprint density at radius 1 is 0.909 bits per heavy atom. The molecule has 2 aromatic carbocycles. The molecule has 0 N–H and O–H groups in total. The normalized spacial score (nSPS) is 35.1. The zero-order chi connectivity index (χ0) is 30.8. The lowest BCUT2D eigenvalue weighted by Crippen LogP contribution is -2.60. The van der Waals surface area contributed by atoms with E-state index in [0.29, 0.717) is 23.2 Å². The lowest BCUT2D eigenvalue weighted by molar-refractivity contribution is -0.546. The Labute approximate surface area is 265 Å². The molecule has 0 aliphatic heterocycles. The van der Waals surface area contributed by atoms with Gasteiger partial charge in [-0.05, 0) is 102 Å². The SMILES string of the molecule is CC(C)CCCC(C)C1CCC2C3CC([N+](=O)[O-])C4Cc5c(c6ccccc6n5Cc5ccccc5)CC4(C)C3CCC12C. The van der Waals surface area contributed by atoms with E-state index in [4.69, 9.17) is 0 Å². The first-order chi connectivity index (χ1) is 21.1. The van der Waals surface area contributed by atoms with Crippen molar-refractivity contribution in [1.82, 2.24) is 4.57 Å². The van der Waals surface area contributed by atoms with Gasteiger partial charge in [0.2, 0.25) is 6.04 Å². The van der Waals surface area contributed by atoms with Crippen LogP contribution in [-0.2, 0) is 19.4 Å². The van der Waals surface area contributed by atoms with Crippen molar-refractivity contribution in [2.75, 3.05) is 0 Å².